The summed E-state index contributed by atoms with van der Waals surface area (Å²) >= 11 is 15.3. The lowest BCUT2D eigenvalue weighted by molar-refractivity contribution is -0.150. The van der Waals surface area contributed by atoms with Crippen molar-refractivity contribution in [3.63, 3.8) is 0 Å². The Hall–Kier alpha value is -4.23. The van der Waals surface area contributed by atoms with Gasteiger partial charge in [0.25, 0.3) is 17.0 Å². The summed E-state index contributed by atoms with van der Waals surface area (Å²) in [6.45, 7) is 7.20. The standard InChI is InChI=1S/C28H30BBrClFO6S.C25H32ClFN2O3/c1-3-37-28(33)22(18-38-39(35,36)25-11-8-23(30)9-12-25)15-20(17-29(2)34)14-19-4-6-21(7-5-19)26-16-24(31)10-13-27(26)32;1-2-32-25(31)20(16-29-14-18(15-29)9-10-30)12-22(28)11-17-3-5-19(6-4-17)23-13-21(26)7-8-24(23)27/h4-13,16,20,22,34H,3,14-15,17-18H2,1-2H3;3-8,13,18,20,22,30H,2,9-12,14-16,28H2,1H3/t2*20-,22+/m10/s1. The normalized spacial score (nSPS) is 14.6. The van der Waals surface area contributed by atoms with Crippen molar-refractivity contribution in [1.82, 2.24) is 4.90 Å². The number of carbonyl (C=O) groups excluding carboxylic acids is 2. The van der Waals surface area contributed by atoms with E-state index in [9.17, 15) is 31.8 Å². The molecule has 5 aromatic carbocycles. The average molecular weight is 1100 g/mol. The summed E-state index contributed by atoms with van der Waals surface area (Å²) in [6, 6.07) is 29.6. The quantitative estimate of drug-likeness (QED) is 0.0306. The van der Waals surface area contributed by atoms with Crippen LogP contribution < -0.4 is 5.73 Å². The highest BCUT2D eigenvalue weighted by atomic mass is 79.9. The Morgan fingerprint density at radius 1 is 0.789 bits per heavy atom. The predicted octanol–water partition coefficient (Wildman–Crippen LogP) is 10.6. The molecule has 0 spiro atoms. The molecule has 382 valence electrons. The molecule has 1 heterocycles. The summed E-state index contributed by atoms with van der Waals surface area (Å²) in [7, 11) is -4.09. The van der Waals surface area contributed by atoms with Gasteiger partial charge in [0, 0.05) is 57.9 Å². The van der Waals surface area contributed by atoms with Crippen LogP contribution in [0.15, 0.2) is 119 Å². The lowest BCUT2D eigenvalue weighted by Crippen LogP contribution is -2.50. The number of aliphatic hydroxyl groups excluding tert-OH is 1. The van der Waals surface area contributed by atoms with Gasteiger partial charge in [0.15, 0.2) is 0 Å². The predicted molar refractivity (Wildman–Crippen MR) is 280 cm³/mol. The minimum atomic E-state index is -4.09. The first-order valence-electron chi connectivity index (χ1n) is 23.7. The topological polar surface area (TPSA) is 166 Å². The Kier molecular flexibility index (Phi) is 23.0. The average Bonchev–Trinajstić information content (AvgIpc) is 3.31. The number of halogens is 5. The van der Waals surface area contributed by atoms with Crippen LogP contribution in [0.1, 0.15) is 44.2 Å². The molecular weight excluding hydrogens is 1040 g/mol. The number of rotatable bonds is 24. The van der Waals surface area contributed by atoms with Crippen molar-refractivity contribution < 1.29 is 50.6 Å². The smallest absolute Gasteiger partial charge is 0.311 e. The zero-order chi connectivity index (χ0) is 51.7. The second-order valence-corrected chi connectivity index (χ2v) is 21.3. The van der Waals surface area contributed by atoms with E-state index in [1.165, 1.54) is 36.4 Å². The molecule has 1 aliphatic heterocycles. The largest absolute Gasteiger partial charge is 0.466 e. The Morgan fingerprint density at radius 3 is 1.79 bits per heavy atom. The van der Waals surface area contributed by atoms with Crippen molar-refractivity contribution in [3.8, 4) is 22.3 Å². The van der Waals surface area contributed by atoms with Gasteiger partial charge in [-0.3, -0.25) is 13.8 Å². The van der Waals surface area contributed by atoms with Gasteiger partial charge in [0.1, 0.15) is 11.6 Å². The van der Waals surface area contributed by atoms with E-state index >= 15 is 0 Å². The first-order chi connectivity index (χ1) is 33.9. The molecule has 0 unspecified atom stereocenters. The van der Waals surface area contributed by atoms with E-state index in [1.807, 2.05) is 36.4 Å². The van der Waals surface area contributed by atoms with Crippen molar-refractivity contribution in [1.29, 1.82) is 0 Å². The molecule has 4 atom stereocenters. The summed E-state index contributed by atoms with van der Waals surface area (Å²) < 4.78 is 70.3. The number of nitrogens with zero attached hydrogens (tertiary/aromatic N) is 1. The van der Waals surface area contributed by atoms with Gasteiger partial charge in [-0.25, -0.2) is 8.78 Å². The minimum absolute atomic E-state index is 0.0231. The van der Waals surface area contributed by atoms with Gasteiger partial charge >= 0.3 is 11.9 Å². The van der Waals surface area contributed by atoms with Gasteiger partial charge in [-0.2, -0.15) is 8.42 Å². The van der Waals surface area contributed by atoms with Crippen molar-refractivity contribution in [2.24, 2.45) is 29.4 Å². The lowest BCUT2D eigenvalue weighted by atomic mass is 9.62. The Balaban J connectivity index is 0.000000269. The third-order valence-corrected chi connectivity index (χ3v) is 14.4. The van der Waals surface area contributed by atoms with Gasteiger partial charge in [-0.05, 0) is 147 Å². The van der Waals surface area contributed by atoms with E-state index in [1.54, 1.807) is 57.1 Å². The fraction of sp³-hybridized carbons (Fsp3) is 0.396. The zero-order valence-electron chi connectivity index (χ0n) is 40.1. The van der Waals surface area contributed by atoms with Gasteiger partial charge in [-0.1, -0.05) is 94.5 Å². The Morgan fingerprint density at radius 2 is 1.30 bits per heavy atom. The summed E-state index contributed by atoms with van der Waals surface area (Å²) in [5.74, 6) is -2.30. The van der Waals surface area contributed by atoms with Crippen LogP contribution in [0.25, 0.3) is 22.3 Å². The van der Waals surface area contributed by atoms with Crippen LogP contribution in [0.2, 0.25) is 23.2 Å². The molecule has 0 amide bonds. The molecule has 0 radical (unpaired) electrons. The molecule has 1 saturated heterocycles. The van der Waals surface area contributed by atoms with Crippen LogP contribution >= 0.6 is 39.1 Å². The zero-order valence-corrected chi connectivity index (χ0v) is 44.0. The fourth-order valence-corrected chi connectivity index (χ4v) is 10.2. The van der Waals surface area contributed by atoms with Crippen LogP contribution in [-0.2, 0) is 46.2 Å². The molecule has 0 saturated carbocycles. The number of ether oxygens (including phenoxy) is 2. The molecule has 0 bridgehead atoms. The number of carbonyl (C=O) groups is 2. The number of benzene rings is 5. The lowest BCUT2D eigenvalue weighted by Gasteiger charge is -2.40. The fourth-order valence-electron chi connectivity index (χ4n) is 8.65. The molecular formula is C53H62BBrCl2F2N2O9S. The van der Waals surface area contributed by atoms with Crippen molar-refractivity contribution in [2.75, 3.05) is 46.1 Å². The highest BCUT2D eigenvalue weighted by molar-refractivity contribution is 9.10. The van der Waals surface area contributed by atoms with E-state index in [0.29, 0.717) is 71.4 Å². The first-order valence-corrected chi connectivity index (χ1v) is 26.7. The number of hydrogen-bond acceptors (Lipinski definition) is 11. The molecule has 0 aliphatic carbocycles. The highest BCUT2D eigenvalue weighted by Crippen LogP contribution is 2.31. The molecule has 0 aromatic heterocycles. The monoisotopic (exact) mass is 1100 g/mol. The second kappa shape index (κ2) is 28.3. The van der Waals surface area contributed by atoms with Crippen LogP contribution in [0.4, 0.5) is 8.78 Å². The van der Waals surface area contributed by atoms with Gasteiger partial charge in [0.2, 0.25) is 0 Å². The Labute approximate surface area is 435 Å². The number of aliphatic hydroxyl groups is 1. The van der Waals surface area contributed by atoms with Crippen LogP contribution in [-0.4, -0.2) is 94.4 Å². The SMILES string of the molecule is CCOC(=O)[C@@H](C[C@H](N)Cc1ccc(-c2cc(Cl)ccc2F)cc1)CN1CC(CCO)C1.CCOC(=O)[C@H](COS(=O)(=O)c1ccc(Br)cc1)C[C@H](CB(C)O)Cc1ccc(-c2cc(Cl)ccc2F)cc1. The summed E-state index contributed by atoms with van der Waals surface area (Å²) in [5, 5.41) is 20.1. The molecule has 4 N–H and O–H groups in total. The minimum Gasteiger partial charge on any atom is -0.466 e. The number of nitrogens with two attached hydrogens (primary N) is 1. The van der Waals surface area contributed by atoms with Crippen molar-refractivity contribution >= 4 is 68.1 Å². The third kappa shape index (κ3) is 18.3. The maximum Gasteiger partial charge on any atom is 0.311 e. The number of likely N-dealkylation sites (tertiary alicyclic amines) is 1. The maximum atomic E-state index is 14.3. The van der Waals surface area contributed by atoms with Gasteiger partial charge in [0.05, 0.1) is 36.6 Å². The molecule has 1 fully saturated rings. The summed E-state index contributed by atoms with van der Waals surface area (Å²) in [6.07, 6.45) is 3.06. The van der Waals surface area contributed by atoms with E-state index in [-0.39, 0.29) is 66.6 Å². The first kappa shape index (κ1) is 57.7. The van der Waals surface area contributed by atoms with E-state index in [4.69, 9.17) is 47.7 Å². The van der Waals surface area contributed by atoms with E-state index in [0.717, 1.165) is 40.7 Å². The van der Waals surface area contributed by atoms with Gasteiger partial charge < -0.3 is 30.2 Å². The van der Waals surface area contributed by atoms with E-state index in [2.05, 4.69) is 20.8 Å². The van der Waals surface area contributed by atoms with Crippen LogP contribution in [0, 0.1) is 35.3 Å². The summed E-state index contributed by atoms with van der Waals surface area (Å²) in [5.41, 5.74) is 10.6. The molecule has 18 heteroatoms. The molecule has 11 nitrogen and oxygen atoms in total. The number of hydrogen-bond donors (Lipinski definition) is 3. The van der Waals surface area contributed by atoms with E-state index < -0.39 is 28.9 Å². The van der Waals surface area contributed by atoms with Crippen LogP contribution in [0.5, 0.6) is 0 Å². The molecule has 6 rings (SSSR count). The maximum absolute atomic E-state index is 14.3. The van der Waals surface area contributed by atoms with Crippen molar-refractivity contribution in [3.05, 3.63) is 146 Å². The third-order valence-electron chi connectivity index (χ3n) is 12.1. The second-order valence-electron chi connectivity index (χ2n) is 17.9. The van der Waals surface area contributed by atoms with Crippen LogP contribution in [0.3, 0.4) is 0 Å². The highest BCUT2D eigenvalue weighted by Gasteiger charge is 2.33. The number of esters is 2. The molecule has 71 heavy (non-hydrogen) atoms. The molecule has 5 aromatic rings. The summed E-state index contributed by atoms with van der Waals surface area (Å²) in [4.78, 5) is 27.5. The van der Waals surface area contributed by atoms with Crippen molar-refractivity contribution in [2.45, 2.75) is 70.0 Å². The Bertz CT molecular complexity index is 2600. The van der Waals surface area contributed by atoms with Gasteiger partial charge in [-0.15, -0.1) is 0 Å². The molecule has 1 aliphatic rings.